The van der Waals surface area contributed by atoms with Gasteiger partial charge in [-0.15, -0.1) is 0 Å². The van der Waals surface area contributed by atoms with Gasteiger partial charge in [-0.25, -0.2) is 0 Å². The third-order valence-corrected chi connectivity index (χ3v) is 2.18. The number of hydrogen-bond donors (Lipinski definition) is 2. The highest BCUT2D eigenvalue weighted by Crippen LogP contribution is 2.02. The van der Waals surface area contributed by atoms with Crippen LogP contribution in [0.1, 0.15) is 19.3 Å². The average Bonchev–Trinajstić information content (AvgIpc) is 1.98. The molecule has 2 N–H and O–H groups in total. The van der Waals surface area contributed by atoms with Gasteiger partial charge in [0, 0.05) is 0 Å². The van der Waals surface area contributed by atoms with Crippen molar-refractivity contribution in [2.24, 2.45) is 0 Å². The smallest absolute Gasteiger partial charge is 0.207 e. The second-order valence-electron chi connectivity index (χ2n) is 2.39. The fourth-order valence-electron chi connectivity index (χ4n) is 0.750. The molecule has 1 radical (unpaired) electrons. The third kappa shape index (κ3) is 6.22. The maximum absolute atomic E-state index is 10.1. The monoisotopic (exact) mass is 163 g/mol. The molecule has 61 valence electrons. The van der Waals surface area contributed by atoms with Crippen molar-refractivity contribution in [2.45, 2.75) is 31.4 Å². The summed E-state index contributed by atoms with van der Waals surface area (Å²) in [5.74, 6) is 0. The van der Waals surface area contributed by atoms with Gasteiger partial charge in [-0.3, -0.25) is 0 Å². The van der Waals surface area contributed by atoms with Crippen molar-refractivity contribution < 1.29 is 15.0 Å². The van der Waals surface area contributed by atoms with Crippen molar-refractivity contribution >= 4 is 9.76 Å². The average molecular weight is 163 g/mol. The summed E-state index contributed by atoms with van der Waals surface area (Å²) < 4.78 is 0. The molecule has 0 aliphatic heterocycles. The van der Waals surface area contributed by atoms with Gasteiger partial charge in [0.15, 0.2) is 0 Å². The van der Waals surface area contributed by atoms with E-state index < -0.39 is 15.9 Å². The van der Waals surface area contributed by atoms with Gasteiger partial charge in [-0.2, -0.15) is 0 Å². The molecule has 0 aromatic heterocycles. The van der Waals surface area contributed by atoms with Crippen LogP contribution in [0, 0.1) is 0 Å². The maximum atomic E-state index is 10.1. The summed E-state index contributed by atoms with van der Waals surface area (Å²) in [6.07, 6.45) is 1.85. The van der Waals surface area contributed by atoms with Crippen LogP contribution >= 0.6 is 0 Å². The summed E-state index contributed by atoms with van der Waals surface area (Å²) in [6, 6.07) is 0.818. The van der Waals surface area contributed by atoms with Crippen molar-refractivity contribution in [2.75, 3.05) is 6.61 Å². The number of unbranched alkanes of at least 4 members (excludes halogenated alkanes) is 1. The first-order valence-corrected chi connectivity index (χ1v) is 5.26. The Morgan fingerprint density at radius 2 is 2.10 bits per heavy atom. The lowest BCUT2D eigenvalue weighted by molar-refractivity contribution is 0.0864. The van der Waals surface area contributed by atoms with Gasteiger partial charge in [0.2, 0.25) is 9.76 Å². The molecular weight excluding hydrogens is 148 g/mol. The lowest BCUT2D eigenvalue weighted by Gasteiger charge is -2.04. The molecule has 0 aliphatic carbocycles. The Bertz CT molecular complexity index is 70.0. The highest BCUT2D eigenvalue weighted by molar-refractivity contribution is 6.24. The molecule has 3 nitrogen and oxygen atoms in total. The van der Waals surface area contributed by atoms with E-state index in [0.29, 0.717) is 6.42 Å². The summed E-state index contributed by atoms with van der Waals surface area (Å²) in [4.78, 5) is 10.1. The number of aliphatic hydroxyl groups is 2. The second kappa shape index (κ2) is 7.21. The molecule has 4 heteroatoms. The fraction of sp³-hybridized carbons (Fsp3) is 1.00. The normalized spacial score (nSPS) is 14.7. The Labute approximate surface area is 63.6 Å². The van der Waals surface area contributed by atoms with Crippen LogP contribution in [-0.4, -0.2) is 32.7 Å². The Kier molecular flexibility index (Phi) is 7.28. The van der Waals surface area contributed by atoms with Gasteiger partial charge in [-0.1, -0.05) is 12.8 Å². The molecule has 1 unspecified atom stereocenters. The molecular formula is C6H15O3Si. The van der Waals surface area contributed by atoms with Gasteiger partial charge in [0.05, 0.1) is 12.7 Å². The molecule has 0 aromatic carbocycles. The highest BCUT2D eigenvalue weighted by atomic mass is 28.2. The van der Waals surface area contributed by atoms with E-state index in [-0.39, 0.29) is 6.61 Å². The van der Waals surface area contributed by atoms with E-state index in [1.165, 1.54) is 0 Å². The Morgan fingerprint density at radius 1 is 1.40 bits per heavy atom. The van der Waals surface area contributed by atoms with Crippen LogP contribution in [0.25, 0.3) is 0 Å². The first kappa shape index (κ1) is 10.1. The van der Waals surface area contributed by atoms with Gasteiger partial charge < -0.3 is 15.0 Å². The second-order valence-corrected chi connectivity index (χ2v) is 3.51. The Hall–Kier alpha value is 0.0969. The van der Waals surface area contributed by atoms with Crippen LogP contribution in [-0.2, 0) is 4.80 Å². The Balaban J connectivity index is 2.89. The minimum Gasteiger partial charge on any atom is -0.394 e. The molecule has 0 rings (SSSR count). The largest absolute Gasteiger partial charge is 0.394 e. The fourth-order valence-corrected chi connectivity index (χ4v) is 1.31. The molecule has 0 saturated heterocycles. The summed E-state index contributed by atoms with van der Waals surface area (Å²) in [5.41, 5.74) is 0. The maximum Gasteiger partial charge on any atom is 0.207 e. The lowest BCUT2D eigenvalue weighted by Crippen LogP contribution is -2.11. The zero-order chi connectivity index (χ0) is 7.82. The first-order chi connectivity index (χ1) is 4.81. The van der Waals surface area contributed by atoms with E-state index in [1.54, 1.807) is 0 Å². The van der Waals surface area contributed by atoms with Crippen LogP contribution < -0.4 is 0 Å². The molecule has 10 heavy (non-hydrogen) atoms. The summed E-state index contributed by atoms with van der Waals surface area (Å²) in [5, 5.41) is 17.2. The van der Waals surface area contributed by atoms with Crippen LogP contribution in [0.15, 0.2) is 0 Å². The van der Waals surface area contributed by atoms with Gasteiger partial charge in [0.25, 0.3) is 0 Å². The van der Waals surface area contributed by atoms with Crippen molar-refractivity contribution in [1.29, 1.82) is 0 Å². The van der Waals surface area contributed by atoms with E-state index >= 15 is 0 Å². The highest BCUT2D eigenvalue weighted by Gasteiger charge is 1.99. The third-order valence-electron chi connectivity index (χ3n) is 1.39. The van der Waals surface area contributed by atoms with E-state index in [4.69, 9.17) is 10.2 Å². The molecule has 0 amide bonds. The predicted molar refractivity (Wildman–Crippen MR) is 41.0 cm³/mol. The number of aliphatic hydroxyl groups excluding tert-OH is 2. The number of hydrogen-bond acceptors (Lipinski definition) is 2. The van der Waals surface area contributed by atoms with Gasteiger partial charge >= 0.3 is 0 Å². The van der Waals surface area contributed by atoms with E-state index in [1.807, 2.05) is 0 Å². The minimum atomic E-state index is -1.03. The van der Waals surface area contributed by atoms with E-state index in [0.717, 1.165) is 18.9 Å². The van der Waals surface area contributed by atoms with Crippen molar-refractivity contribution in [1.82, 2.24) is 0 Å². The van der Waals surface area contributed by atoms with Gasteiger partial charge in [0.1, 0.15) is 0 Å². The molecule has 0 saturated carbocycles. The molecule has 0 aliphatic rings. The van der Waals surface area contributed by atoms with Crippen LogP contribution in [0.4, 0.5) is 0 Å². The number of rotatable bonds is 6. The van der Waals surface area contributed by atoms with Crippen LogP contribution in [0.3, 0.4) is 0 Å². The standard InChI is InChI=1S/C6H15O3Si/c7-5-6(8)3-1-2-4-10-9/h6-8H,1-5,10H2. The molecule has 0 heterocycles. The minimum absolute atomic E-state index is 0.158. The molecule has 0 bridgehead atoms. The van der Waals surface area contributed by atoms with Crippen molar-refractivity contribution in [3.8, 4) is 0 Å². The quantitative estimate of drug-likeness (QED) is 0.407. The summed E-state index contributed by atoms with van der Waals surface area (Å²) in [7, 11) is -1.03. The zero-order valence-electron chi connectivity index (χ0n) is 6.12. The van der Waals surface area contributed by atoms with Crippen molar-refractivity contribution in [3.05, 3.63) is 0 Å². The van der Waals surface area contributed by atoms with Gasteiger partial charge in [-0.05, 0) is 12.5 Å². The summed E-state index contributed by atoms with van der Waals surface area (Å²) >= 11 is 0. The Morgan fingerprint density at radius 3 is 2.60 bits per heavy atom. The van der Waals surface area contributed by atoms with Crippen molar-refractivity contribution in [3.63, 3.8) is 0 Å². The molecule has 0 aromatic rings. The molecule has 1 atom stereocenters. The van der Waals surface area contributed by atoms with E-state index in [2.05, 4.69) is 0 Å². The lowest BCUT2D eigenvalue weighted by atomic mass is 10.2. The predicted octanol–water partition coefficient (Wildman–Crippen LogP) is -0.558. The topological polar surface area (TPSA) is 60.4 Å². The first-order valence-electron chi connectivity index (χ1n) is 3.68. The molecule has 0 fully saturated rings. The van der Waals surface area contributed by atoms with E-state index in [9.17, 15) is 4.80 Å². The SMILES string of the molecule is [O][SiH2]CCCCC(O)CO. The van der Waals surface area contributed by atoms with Crippen LogP contribution in [0.2, 0.25) is 6.04 Å². The molecule has 0 spiro atoms. The van der Waals surface area contributed by atoms with Crippen LogP contribution in [0.5, 0.6) is 0 Å². The zero-order valence-corrected chi connectivity index (χ0v) is 7.54. The summed E-state index contributed by atoms with van der Waals surface area (Å²) in [6.45, 7) is -0.158.